The van der Waals surface area contributed by atoms with E-state index in [1.165, 1.54) is 0 Å². The van der Waals surface area contributed by atoms with E-state index in [4.69, 9.17) is 0 Å². The molecule has 0 unspecified atom stereocenters. The Kier molecular flexibility index (Phi) is 9.44. The molecule has 11 heteroatoms. The molecule has 0 spiro atoms. The number of allylic oxidation sites excluding steroid dienone is 5. The number of carbonyl (C=O) groups is 3. The molecule has 53 heavy (non-hydrogen) atoms. The first-order valence-corrected chi connectivity index (χ1v) is 17.8. The molecule has 0 atom stereocenters. The van der Waals surface area contributed by atoms with Crippen LogP contribution in [0.4, 0.5) is 24.5 Å². The van der Waals surface area contributed by atoms with Gasteiger partial charge in [0.25, 0.3) is 11.8 Å². The van der Waals surface area contributed by atoms with E-state index in [0.717, 1.165) is 104 Å². The fourth-order valence-corrected chi connectivity index (χ4v) is 7.42. The van der Waals surface area contributed by atoms with Crippen LogP contribution < -0.4 is 15.5 Å². The van der Waals surface area contributed by atoms with Crippen molar-refractivity contribution in [2.75, 3.05) is 36.4 Å². The highest BCUT2D eigenvalue weighted by molar-refractivity contribution is 6.40. The maximum absolute atomic E-state index is 14.3. The fourth-order valence-electron chi connectivity index (χ4n) is 7.42. The zero-order valence-corrected chi connectivity index (χ0v) is 29.8. The van der Waals surface area contributed by atoms with Crippen molar-refractivity contribution in [3.63, 3.8) is 0 Å². The van der Waals surface area contributed by atoms with Crippen LogP contribution in [0.15, 0.2) is 101 Å². The van der Waals surface area contributed by atoms with Crippen molar-refractivity contribution in [3.05, 3.63) is 134 Å². The smallest absolute Gasteiger partial charge is 0.416 e. The van der Waals surface area contributed by atoms with Gasteiger partial charge in [0.1, 0.15) is 18.8 Å². The molecule has 3 aromatic carbocycles. The zero-order chi connectivity index (χ0) is 37.6. The molecule has 2 fully saturated rings. The number of nitrogens with one attached hydrogen (secondary N) is 2. The quantitative estimate of drug-likeness (QED) is 0.178. The summed E-state index contributed by atoms with van der Waals surface area (Å²) in [6.07, 6.45) is 3.03. The molecule has 7 rings (SSSR count). The average molecular weight is 722 g/mol. The van der Waals surface area contributed by atoms with Crippen LogP contribution in [-0.4, -0.2) is 59.2 Å². The SMILES string of the molecule is CC1=C/C(=C2/C(=O)C(c3cc(C)c(N4CCCC4)cc3NC(=O)c3ccc(C)cc3)=C2O)C(NC(=O)c2ccc(C(F)(F)F)cc2)=CC1=[N+]1CCCC1. The van der Waals surface area contributed by atoms with E-state index in [1.807, 2.05) is 45.0 Å². The highest BCUT2D eigenvalue weighted by atomic mass is 19.4. The highest BCUT2D eigenvalue weighted by Gasteiger charge is 2.41. The lowest BCUT2D eigenvalue weighted by Gasteiger charge is -2.29. The number of halogens is 3. The number of anilines is 2. The predicted molar refractivity (Wildman–Crippen MR) is 198 cm³/mol. The predicted octanol–water partition coefficient (Wildman–Crippen LogP) is 7.84. The summed E-state index contributed by atoms with van der Waals surface area (Å²) < 4.78 is 41.8. The molecule has 2 saturated heterocycles. The Labute approximate surface area is 305 Å². The number of benzene rings is 3. The molecule has 2 aliphatic heterocycles. The lowest BCUT2D eigenvalue weighted by atomic mass is 9.77. The summed E-state index contributed by atoms with van der Waals surface area (Å²) in [7, 11) is 0. The Hall–Kier alpha value is -5.71. The molecule has 2 heterocycles. The van der Waals surface area contributed by atoms with Gasteiger partial charge in [-0.15, -0.1) is 0 Å². The second kappa shape index (κ2) is 14.0. The number of amides is 2. The maximum Gasteiger partial charge on any atom is 0.416 e. The van der Waals surface area contributed by atoms with Gasteiger partial charge in [-0.05, 0) is 93.8 Å². The molecule has 272 valence electrons. The van der Waals surface area contributed by atoms with Gasteiger partial charge in [0.05, 0.1) is 28.1 Å². The third-order valence-electron chi connectivity index (χ3n) is 10.3. The van der Waals surface area contributed by atoms with Crippen molar-refractivity contribution in [1.29, 1.82) is 0 Å². The Bertz CT molecular complexity index is 2190. The van der Waals surface area contributed by atoms with E-state index in [-0.39, 0.29) is 39.6 Å². The van der Waals surface area contributed by atoms with Gasteiger partial charge < -0.3 is 20.6 Å². The summed E-state index contributed by atoms with van der Waals surface area (Å²) in [5.41, 5.74) is 5.37. The average Bonchev–Trinajstić information content (AvgIpc) is 3.86. The van der Waals surface area contributed by atoms with Gasteiger partial charge in [-0.2, -0.15) is 13.2 Å². The van der Waals surface area contributed by atoms with Gasteiger partial charge in [0.2, 0.25) is 11.5 Å². The van der Waals surface area contributed by atoms with Crippen molar-refractivity contribution >= 4 is 40.3 Å². The Balaban J connectivity index is 1.30. The molecule has 4 aliphatic rings. The van der Waals surface area contributed by atoms with Gasteiger partial charge in [-0.1, -0.05) is 17.7 Å². The molecule has 2 amide bonds. The van der Waals surface area contributed by atoms with Crippen molar-refractivity contribution in [3.8, 4) is 0 Å². The van der Waals surface area contributed by atoms with Crippen molar-refractivity contribution < 1.29 is 37.2 Å². The van der Waals surface area contributed by atoms with Gasteiger partial charge >= 0.3 is 6.18 Å². The van der Waals surface area contributed by atoms with E-state index in [2.05, 4.69) is 20.1 Å². The standard InChI is InChI=1S/C42H39F3N4O4/c1-24-8-10-27(11-9-24)40(52)46-32-22-34(48-16-4-5-17-48)25(2)20-30(32)36-38(50)37(39(36)51)31-21-26(3)35(49-18-6-7-19-49)23-33(31)47-41(53)28-12-14-29(15-13-28)42(43,44)45/h8-15,20-23H,4-7,16-19H2,1-3H3,(H2,46,47,50,51,52,53)/p+1. The Morgan fingerprint density at radius 1 is 0.792 bits per heavy atom. The van der Waals surface area contributed by atoms with Crippen molar-refractivity contribution in [1.82, 2.24) is 5.32 Å². The Morgan fingerprint density at radius 3 is 2.00 bits per heavy atom. The monoisotopic (exact) mass is 721 g/mol. The lowest BCUT2D eigenvalue weighted by Crippen LogP contribution is -2.32. The summed E-state index contributed by atoms with van der Waals surface area (Å²) >= 11 is 0. The van der Waals surface area contributed by atoms with Gasteiger partial charge in [-0.25, -0.2) is 4.58 Å². The first-order valence-electron chi connectivity index (χ1n) is 17.8. The summed E-state index contributed by atoms with van der Waals surface area (Å²) in [5, 5.41) is 17.6. The van der Waals surface area contributed by atoms with E-state index in [9.17, 15) is 32.7 Å². The van der Waals surface area contributed by atoms with E-state index in [0.29, 0.717) is 16.8 Å². The Morgan fingerprint density at radius 2 is 1.40 bits per heavy atom. The van der Waals surface area contributed by atoms with Crippen LogP contribution >= 0.6 is 0 Å². The number of hydrogen-bond donors (Lipinski definition) is 3. The second-order valence-electron chi connectivity index (χ2n) is 14.0. The number of ketones is 1. The minimum absolute atomic E-state index is 0.000152. The molecule has 0 saturated carbocycles. The fraction of sp³-hybridized carbons (Fsp3) is 0.286. The topological polar surface area (TPSA) is 102 Å². The summed E-state index contributed by atoms with van der Waals surface area (Å²) in [5.74, 6) is -1.78. The number of aliphatic hydroxyl groups is 1. The molecule has 0 bridgehead atoms. The normalized spacial score (nSPS) is 19.0. The van der Waals surface area contributed by atoms with Gasteiger partial charge in [0, 0.05) is 65.5 Å². The molecule has 8 nitrogen and oxygen atoms in total. The highest BCUT2D eigenvalue weighted by Crippen LogP contribution is 2.45. The second-order valence-corrected chi connectivity index (χ2v) is 14.0. The number of rotatable bonds is 6. The first kappa shape index (κ1) is 35.7. The van der Waals surface area contributed by atoms with Gasteiger partial charge in [0.15, 0.2) is 0 Å². The van der Waals surface area contributed by atoms with Gasteiger partial charge in [-0.3, -0.25) is 14.4 Å². The first-order chi connectivity index (χ1) is 25.3. The number of carbonyl (C=O) groups excluding carboxylic acids is 3. The van der Waals surface area contributed by atoms with Crippen LogP contribution in [0.25, 0.3) is 5.57 Å². The van der Waals surface area contributed by atoms with Crippen LogP contribution in [0.5, 0.6) is 0 Å². The molecular weight excluding hydrogens is 681 g/mol. The molecule has 0 radical (unpaired) electrons. The van der Waals surface area contributed by atoms with E-state index in [1.54, 1.807) is 24.3 Å². The van der Waals surface area contributed by atoms with Crippen molar-refractivity contribution in [2.45, 2.75) is 52.6 Å². The minimum atomic E-state index is -4.55. The van der Waals surface area contributed by atoms with Crippen LogP contribution in [0.1, 0.15) is 75.6 Å². The summed E-state index contributed by atoms with van der Waals surface area (Å²) in [6, 6.07) is 14.7. The van der Waals surface area contributed by atoms with Crippen molar-refractivity contribution in [2.24, 2.45) is 0 Å². The molecular formula is C42H40F3N4O4+. The number of aryl methyl sites for hydroxylation is 2. The molecule has 3 aromatic rings. The van der Waals surface area contributed by atoms with Crippen LogP contribution in [0.3, 0.4) is 0 Å². The largest absolute Gasteiger partial charge is 0.506 e. The minimum Gasteiger partial charge on any atom is -0.506 e. The molecule has 3 N–H and O–H groups in total. The number of Topliss-reactive ketones (excluding diaryl/α,β-unsaturated/α-hetero) is 1. The number of hydrogen-bond acceptors (Lipinski definition) is 5. The zero-order valence-electron chi connectivity index (χ0n) is 29.8. The van der Waals surface area contributed by atoms with Crippen LogP contribution in [0, 0.1) is 13.8 Å². The summed E-state index contributed by atoms with van der Waals surface area (Å²) in [4.78, 5) is 43.5. The third kappa shape index (κ3) is 6.95. The van der Waals surface area contributed by atoms with Crippen LogP contribution in [0.2, 0.25) is 0 Å². The summed E-state index contributed by atoms with van der Waals surface area (Å²) in [6.45, 7) is 9.10. The molecule has 2 aliphatic carbocycles. The number of nitrogens with zero attached hydrogens (tertiary/aromatic N) is 2. The molecule has 0 aromatic heterocycles. The maximum atomic E-state index is 14.3. The van der Waals surface area contributed by atoms with E-state index >= 15 is 0 Å². The van der Waals surface area contributed by atoms with Crippen LogP contribution in [-0.2, 0) is 11.0 Å². The van der Waals surface area contributed by atoms with E-state index < -0.39 is 23.4 Å². The lowest BCUT2D eigenvalue weighted by molar-refractivity contribution is -0.504. The number of aliphatic hydroxyl groups excluding tert-OH is 1. The third-order valence-corrected chi connectivity index (χ3v) is 10.3. The number of alkyl halides is 3.